The second-order valence-electron chi connectivity index (χ2n) is 5.59. The van der Waals surface area contributed by atoms with Gasteiger partial charge in [0.05, 0.1) is 12.6 Å². The molecule has 1 aliphatic carbocycles. The van der Waals surface area contributed by atoms with Gasteiger partial charge in [-0.25, -0.2) is 0 Å². The van der Waals surface area contributed by atoms with E-state index in [1.54, 1.807) is 6.07 Å². The van der Waals surface area contributed by atoms with Crippen LogP contribution in [-0.2, 0) is 0 Å². The number of carbonyl (C=O) groups excluding carboxylic acids is 1. The van der Waals surface area contributed by atoms with Crippen LogP contribution in [-0.4, -0.2) is 17.7 Å². The number of carbonyl (C=O) groups is 1. The Morgan fingerprint density at radius 3 is 2.95 bits per heavy atom. The third-order valence-corrected chi connectivity index (χ3v) is 4.00. The van der Waals surface area contributed by atoms with Crippen molar-refractivity contribution in [3.05, 3.63) is 47.3 Å². The standard InChI is InChI=1S/C16H16N2O3/c19-16(13-9-15(21-18-13)10-5-6-10)17-12-7-8-20-14-4-2-1-3-11(12)14/h1-4,9-10,12H,5-8H2,(H,17,19)/t12-/m1/s1. The molecule has 1 N–H and O–H groups in total. The summed E-state index contributed by atoms with van der Waals surface area (Å²) in [4.78, 5) is 12.3. The quantitative estimate of drug-likeness (QED) is 0.941. The monoisotopic (exact) mass is 284 g/mol. The highest BCUT2D eigenvalue weighted by molar-refractivity contribution is 5.92. The molecule has 0 radical (unpaired) electrons. The number of hydrogen-bond acceptors (Lipinski definition) is 4. The average Bonchev–Trinajstić information content (AvgIpc) is 3.25. The summed E-state index contributed by atoms with van der Waals surface area (Å²) in [5.74, 6) is 1.94. The maximum absolute atomic E-state index is 12.3. The zero-order valence-corrected chi connectivity index (χ0v) is 11.5. The lowest BCUT2D eigenvalue weighted by molar-refractivity contribution is 0.0915. The predicted octanol–water partition coefficient (Wildman–Crippen LogP) is 2.81. The summed E-state index contributed by atoms with van der Waals surface area (Å²) in [7, 11) is 0. The third kappa shape index (κ3) is 2.39. The first-order chi connectivity index (χ1) is 10.3. The van der Waals surface area contributed by atoms with Crippen LogP contribution in [0.3, 0.4) is 0 Å². The van der Waals surface area contributed by atoms with Crippen molar-refractivity contribution >= 4 is 5.91 Å². The van der Waals surface area contributed by atoms with E-state index in [4.69, 9.17) is 9.26 Å². The minimum atomic E-state index is -0.188. The number of hydrogen-bond donors (Lipinski definition) is 1. The Kier molecular flexibility index (Phi) is 2.91. The first-order valence-electron chi connectivity index (χ1n) is 7.30. The number of nitrogens with zero attached hydrogens (tertiary/aromatic N) is 1. The fourth-order valence-electron chi connectivity index (χ4n) is 2.68. The number of ether oxygens (including phenoxy) is 1. The van der Waals surface area contributed by atoms with Crippen LogP contribution in [0.4, 0.5) is 0 Å². The molecule has 108 valence electrons. The van der Waals surface area contributed by atoms with Crippen LogP contribution < -0.4 is 10.1 Å². The van der Waals surface area contributed by atoms with Crippen molar-refractivity contribution in [2.75, 3.05) is 6.61 Å². The number of aromatic nitrogens is 1. The average molecular weight is 284 g/mol. The van der Waals surface area contributed by atoms with E-state index < -0.39 is 0 Å². The van der Waals surface area contributed by atoms with E-state index in [2.05, 4.69) is 10.5 Å². The number of para-hydroxylation sites is 1. The van der Waals surface area contributed by atoms with E-state index in [1.165, 1.54) is 0 Å². The number of fused-ring (bicyclic) bond motifs is 1. The summed E-state index contributed by atoms with van der Waals surface area (Å²) in [5, 5.41) is 6.90. The van der Waals surface area contributed by atoms with Crippen LogP contribution in [0.25, 0.3) is 0 Å². The molecule has 5 nitrogen and oxygen atoms in total. The molecule has 1 amide bonds. The van der Waals surface area contributed by atoms with Crippen molar-refractivity contribution in [1.29, 1.82) is 0 Å². The van der Waals surface area contributed by atoms with Crippen molar-refractivity contribution < 1.29 is 14.1 Å². The van der Waals surface area contributed by atoms with E-state index in [0.29, 0.717) is 18.2 Å². The minimum Gasteiger partial charge on any atom is -0.493 e. The van der Waals surface area contributed by atoms with Gasteiger partial charge in [0.15, 0.2) is 5.69 Å². The summed E-state index contributed by atoms with van der Waals surface area (Å²) in [6.45, 7) is 0.605. The van der Waals surface area contributed by atoms with Gasteiger partial charge < -0.3 is 14.6 Å². The molecular weight excluding hydrogens is 268 g/mol. The molecule has 0 bridgehead atoms. The molecule has 21 heavy (non-hydrogen) atoms. The summed E-state index contributed by atoms with van der Waals surface area (Å²) in [5.41, 5.74) is 1.38. The minimum absolute atomic E-state index is 0.0384. The maximum atomic E-state index is 12.3. The second kappa shape index (κ2) is 4.91. The van der Waals surface area contributed by atoms with Crippen LogP contribution in [0.2, 0.25) is 0 Å². The molecule has 2 aliphatic rings. The Bertz CT molecular complexity index is 676. The van der Waals surface area contributed by atoms with E-state index in [0.717, 1.165) is 36.3 Å². The lowest BCUT2D eigenvalue weighted by atomic mass is 10.0. The molecule has 1 aliphatic heterocycles. The molecule has 1 atom stereocenters. The fourth-order valence-corrected chi connectivity index (χ4v) is 2.68. The molecule has 0 saturated heterocycles. The molecule has 1 aromatic heterocycles. The van der Waals surface area contributed by atoms with Gasteiger partial charge in [-0.1, -0.05) is 23.4 Å². The molecule has 0 unspecified atom stereocenters. The van der Waals surface area contributed by atoms with E-state index in [1.807, 2.05) is 24.3 Å². The van der Waals surface area contributed by atoms with E-state index in [-0.39, 0.29) is 11.9 Å². The predicted molar refractivity (Wildman–Crippen MR) is 75.2 cm³/mol. The Morgan fingerprint density at radius 1 is 1.24 bits per heavy atom. The van der Waals surface area contributed by atoms with Crippen molar-refractivity contribution in [3.63, 3.8) is 0 Å². The molecule has 1 saturated carbocycles. The van der Waals surface area contributed by atoms with Crippen molar-refractivity contribution in [2.24, 2.45) is 0 Å². The van der Waals surface area contributed by atoms with Gasteiger partial charge in [-0.2, -0.15) is 0 Å². The molecule has 1 aromatic carbocycles. The summed E-state index contributed by atoms with van der Waals surface area (Å²) < 4.78 is 10.8. The van der Waals surface area contributed by atoms with Gasteiger partial charge >= 0.3 is 0 Å². The normalized spacial score (nSPS) is 20.5. The smallest absolute Gasteiger partial charge is 0.273 e. The Balaban J connectivity index is 1.51. The van der Waals surface area contributed by atoms with Crippen LogP contribution in [0.15, 0.2) is 34.9 Å². The Hall–Kier alpha value is -2.30. The Labute approximate surface area is 122 Å². The first-order valence-corrected chi connectivity index (χ1v) is 7.30. The SMILES string of the molecule is O=C(N[C@@H]1CCOc2ccccc21)c1cc(C2CC2)on1. The summed E-state index contributed by atoms with van der Waals surface area (Å²) >= 11 is 0. The number of rotatable bonds is 3. The first kappa shape index (κ1) is 12.4. The van der Waals surface area contributed by atoms with Crippen LogP contribution in [0.5, 0.6) is 5.75 Å². The van der Waals surface area contributed by atoms with E-state index in [9.17, 15) is 4.79 Å². The van der Waals surface area contributed by atoms with Gasteiger partial charge in [0.1, 0.15) is 11.5 Å². The highest BCUT2D eigenvalue weighted by Crippen LogP contribution is 2.40. The lowest BCUT2D eigenvalue weighted by Crippen LogP contribution is -2.32. The van der Waals surface area contributed by atoms with Gasteiger partial charge in [-0.3, -0.25) is 4.79 Å². The van der Waals surface area contributed by atoms with Crippen LogP contribution in [0, 0.1) is 0 Å². The van der Waals surface area contributed by atoms with Gasteiger partial charge in [-0.15, -0.1) is 0 Å². The molecule has 0 spiro atoms. The van der Waals surface area contributed by atoms with Gasteiger partial charge in [0.2, 0.25) is 0 Å². The molecule has 5 heteroatoms. The summed E-state index contributed by atoms with van der Waals surface area (Å²) in [6, 6.07) is 9.52. The molecular formula is C16H16N2O3. The highest BCUT2D eigenvalue weighted by atomic mass is 16.5. The van der Waals surface area contributed by atoms with Crippen molar-refractivity contribution in [2.45, 2.75) is 31.2 Å². The number of benzene rings is 1. The third-order valence-electron chi connectivity index (χ3n) is 4.00. The molecule has 2 aromatic rings. The highest BCUT2D eigenvalue weighted by Gasteiger charge is 2.30. The maximum Gasteiger partial charge on any atom is 0.273 e. The lowest BCUT2D eigenvalue weighted by Gasteiger charge is -2.26. The summed E-state index contributed by atoms with van der Waals surface area (Å²) in [6.07, 6.45) is 3.02. The number of amides is 1. The van der Waals surface area contributed by atoms with Gasteiger partial charge in [0.25, 0.3) is 5.91 Å². The topological polar surface area (TPSA) is 64.4 Å². The zero-order valence-electron chi connectivity index (χ0n) is 11.5. The largest absolute Gasteiger partial charge is 0.493 e. The fraction of sp³-hybridized carbons (Fsp3) is 0.375. The number of nitrogens with one attached hydrogen (secondary N) is 1. The van der Waals surface area contributed by atoms with Crippen LogP contribution in [0.1, 0.15) is 53.0 Å². The Morgan fingerprint density at radius 2 is 2.10 bits per heavy atom. The molecule has 4 rings (SSSR count). The van der Waals surface area contributed by atoms with E-state index >= 15 is 0 Å². The zero-order chi connectivity index (χ0) is 14.2. The van der Waals surface area contributed by atoms with Crippen LogP contribution >= 0.6 is 0 Å². The van der Waals surface area contributed by atoms with Gasteiger partial charge in [-0.05, 0) is 18.9 Å². The molecule has 2 heterocycles. The van der Waals surface area contributed by atoms with Crippen molar-refractivity contribution in [3.8, 4) is 5.75 Å². The van der Waals surface area contributed by atoms with Crippen molar-refractivity contribution in [1.82, 2.24) is 10.5 Å². The molecule has 1 fully saturated rings. The second-order valence-corrected chi connectivity index (χ2v) is 5.59. The van der Waals surface area contributed by atoms with Gasteiger partial charge in [0, 0.05) is 24.0 Å².